The van der Waals surface area contributed by atoms with Gasteiger partial charge in [-0.25, -0.2) is 0 Å². The van der Waals surface area contributed by atoms with Crippen molar-refractivity contribution in [3.05, 3.63) is 237 Å². The first-order valence-electron chi connectivity index (χ1n) is 20.3. The molecule has 11 aromatic rings. The highest BCUT2D eigenvalue weighted by Crippen LogP contribution is 2.47. The van der Waals surface area contributed by atoms with Crippen LogP contribution < -0.4 is 25.6 Å². The molecule has 59 heavy (non-hydrogen) atoms. The van der Waals surface area contributed by atoms with Crippen molar-refractivity contribution in [1.82, 2.24) is 0 Å². The first-order chi connectivity index (χ1) is 29.3. The first-order valence-corrected chi connectivity index (χ1v) is 22.3. The lowest BCUT2D eigenvalue weighted by Gasteiger charge is -2.34. The molecule has 0 radical (unpaired) electrons. The lowest BCUT2D eigenvalue weighted by Crippen LogP contribution is -2.74. The van der Waals surface area contributed by atoms with Gasteiger partial charge in [0.2, 0.25) is 0 Å². The summed E-state index contributed by atoms with van der Waals surface area (Å²) in [6.07, 6.45) is 0. The monoisotopic (exact) mass is 769 g/mol. The van der Waals surface area contributed by atoms with Gasteiger partial charge in [0.05, 0.1) is 16.8 Å². The number of hydrogen-bond donors (Lipinski definition) is 0. The molecule has 0 aliphatic carbocycles. The number of furan rings is 1. The molecule has 0 saturated heterocycles. The molecule has 0 N–H and O–H groups in total. The molecule has 11 rings (SSSR count). The van der Waals surface area contributed by atoms with Crippen molar-refractivity contribution in [1.29, 1.82) is 0 Å². The van der Waals surface area contributed by atoms with Crippen LogP contribution >= 0.6 is 0 Å². The lowest BCUT2D eigenvalue weighted by molar-refractivity contribution is 0.672. The molecule has 278 valence electrons. The quantitative estimate of drug-likeness (QED) is 0.113. The van der Waals surface area contributed by atoms with Crippen LogP contribution in [-0.2, 0) is 0 Å². The molecule has 1 aromatic heterocycles. The summed E-state index contributed by atoms with van der Waals surface area (Å²) in [5, 5.41) is 12.3. The van der Waals surface area contributed by atoms with Crippen molar-refractivity contribution in [3.8, 4) is 11.1 Å². The third-order valence-electron chi connectivity index (χ3n) is 12.0. The van der Waals surface area contributed by atoms with Crippen LogP contribution in [0.2, 0.25) is 0 Å². The average molecular weight is 770 g/mol. The van der Waals surface area contributed by atoms with Gasteiger partial charge in [-0.15, -0.1) is 0 Å². The maximum atomic E-state index is 6.69. The van der Waals surface area contributed by atoms with Crippen LogP contribution in [0.25, 0.3) is 54.6 Å². The van der Waals surface area contributed by atoms with Crippen LogP contribution in [-0.4, -0.2) is 8.07 Å². The highest BCUT2D eigenvalue weighted by atomic mass is 28.3. The van der Waals surface area contributed by atoms with Gasteiger partial charge in [-0.3, -0.25) is 0 Å². The Balaban J connectivity index is 1.07. The second-order valence-electron chi connectivity index (χ2n) is 15.2. The van der Waals surface area contributed by atoms with E-state index in [2.05, 4.69) is 235 Å². The van der Waals surface area contributed by atoms with Gasteiger partial charge >= 0.3 is 0 Å². The molecular weight excluding hydrogens is 731 g/mol. The molecule has 0 bridgehead atoms. The SMILES string of the molecule is c1ccc([Si](c2ccccc2)(c2ccccc2)c2ccc(-c3ccc(N(c4cccc5ccccc45)c4cc5ccccc5c5oc6ccccc6c45)cc3)cc2)cc1. The molecule has 0 saturated carbocycles. The summed E-state index contributed by atoms with van der Waals surface area (Å²) < 4.78 is 6.69. The summed E-state index contributed by atoms with van der Waals surface area (Å²) >= 11 is 0. The number of benzene rings is 10. The molecule has 10 aromatic carbocycles. The second-order valence-corrected chi connectivity index (χ2v) is 19.0. The Kier molecular flexibility index (Phi) is 8.53. The number of para-hydroxylation sites is 1. The Labute approximate surface area is 344 Å². The smallest absolute Gasteiger partial charge is 0.179 e. The highest BCUT2D eigenvalue weighted by molar-refractivity contribution is 7.19. The minimum Gasteiger partial charge on any atom is -0.455 e. The van der Waals surface area contributed by atoms with Gasteiger partial charge in [0.1, 0.15) is 11.2 Å². The van der Waals surface area contributed by atoms with Gasteiger partial charge in [0.25, 0.3) is 0 Å². The van der Waals surface area contributed by atoms with Crippen molar-refractivity contribution in [3.63, 3.8) is 0 Å². The Morgan fingerprint density at radius 3 is 1.44 bits per heavy atom. The van der Waals surface area contributed by atoms with E-state index in [0.29, 0.717) is 0 Å². The van der Waals surface area contributed by atoms with Gasteiger partial charge in [-0.1, -0.05) is 206 Å². The maximum absolute atomic E-state index is 6.69. The van der Waals surface area contributed by atoms with Crippen molar-refractivity contribution in [2.24, 2.45) is 0 Å². The topological polar surface area (TPSA) is 16.4 Å². The standard InChI is InChI=1S/C56H39NOSi/c1-4-20-45(21-5-1)59(46-22-6-2-7-23-46,47-24-8-3-9-25-47)48-37-33-41(34-38-48)40-31-35-44(36-32-40)57(52-29-16-19-42-17-10-12-26-49(42)52)53-39-43-18-11-13-27-50(43)56-55(53)51-28-14-15-30-54(51)58-56/h1-39H. The van der Waals surface area contributed by atoms with Crippen LogP contribution in [0.5, 0.6) is 0 Å². The van der Waals surface area contributed by atoms with Crippen molar-refractivity contribution < 1.29 is 4.42 Å². The van der Waals surface area contributed by atoms with Crippen molar-refractivity contribution >= 4 is 89.4 Å². The molecule has 0 atom stereocenters. The van der Waals surface area contributed by atoms with Crippen LogP contribution in [0.4, 0.5) is 17.1 Å². The van der Waals surface area contributed by atoms with E-state index >= 15 is 0 Å². The molecule has 0 spiro atoms. The summed E-state index contributed by atoms with van der Waals surface area (Å²) in [6.45, 7) is 0. The zero-order valence-corrected chi connectivity index (χ0v) is 33.4. The fourth-order valence-corrected chi connectivity index (χ4v) is 14.1. The third kappa shape index (κ3) is 5.78. The maximum Gasteiger partial charge on any atom is 0.179 e. The van der Waals surface area contributed by atoms with E-state index in [1.807, 2.05) is 6.07 Å². The summed E-state index contributed by atoms with van der Waals surface area (Å²) in [5.41, 5.74) is 7.42. The summed E-state index contributed by atoms with van der Waals surface area (Å²) in [7, 11) is -2.62. The molecule has 3 heteroatoms. The predicted octanol–water partition coefficient (Wildman–Crippen LogP) is 12.4. The Hall–Kier alpha value is -7.46. The minimum absolute atomic E-state index is 0.885. The number of nitrogens with zero attached hydrogens (tertiary/aromatic N) is 1. The molecule has 0 unspecified atom stereocenters. The van der Waals surface area contributed by atoms with Gasteiger partial charge in [0.15, 0.2) is 8.07 Å². The fourth-order valence-electron chi connectivity index (χ4n) is 9.31. The van der Waals surface area contributed by atoms with E-state index < -0.39 is 8.07 Å². The van der Waals surface area contributed by atoms with E-state index in [1.54, 1.807) is 0 Å². The van der Waals surface area contributed by atoms with Gasteiger partial charge in [-0.05, 0) is 73.0 Å². The first kappa shape index (κ1) is 34.8. The molecular formula is C56H39NOSi. The zero-order chi connectivity index (χ0) is 39.2. The number of anilines is 3. The van der Waals surface area contributed by atoms with Crippen LogP contribution in [0, 0.1) is 0 Å². The average Bonchev–Trinajstić information content (AvgIpc) is 3.71. The van der Waals surface area contributed by atoms with Crippen LogP contribution in [0.3, 0.4) is 0 Å². The van der Waals surface area contributed by atoms with Crippen molar-refractivity contribution in [2.75, 3.05) is 4.90 Å². The number of fused-ring (bicyclic) bond motifs is 6. The highest BCUT2D eigenvalue weighted by Gasteiger charge is 2.41. The number of rotatable bonds is 8. The lowest BCUT2D eigenvalue weighted by atomic mass is 10.00. The van der Waals surface area contributed by atoms with Gasteiger partial charge in [-0.2, -0.15) is 0 Å². The molecule has 0 fully saturated rings. The van der Waals surface area contributed by atoms with Crippen LogP contribution in [0.15, 0.2) is 241 Å². The summed E-state index contributed by atoms with van der Waals surface area (Å²) in [5.74, 6) is 0. The normalized spacial score (nSPS) is 11.7. The van der Waals surface area contributed by atoms with E-state index in [0.717, 1.165) is 49.8 Å². The predicted molar refractivity (Wildman–Crippen MR) is 252 cm³/mol. The number of hydrogen-bond acceptors (Lipinski definition) is 2. The molecule has 0 aliphatic heterocycles. The molecule has 2 nitrogen and oxygen atoms in total. The summed E-state index contributed by atoms with van der Waals surface area (Å²) in [4.78, 5) is 2.42. The molecule has 0 aliphatic rings. The van der Waals surface area contributed by atoms with Crippen molar-refractivity contribution in [2.45, 2.75) is 0 Å². The van der Waals surface area contributed by atoms with Crippen LogP contribution in [0.1, 0.15) is 0 Å². The zero-order valence-electron chi connectivity index (χ0n) is 32.4. The van der Waals surface area contributed by atoms with Gasteiger partial charge < -0.3 is 9.32 Å². The molecule has 1 heterocycles. The van der Waals surface area contributed by atoms with E-state index in [4.69, 9.17) is 4.42 Å². The van der Waals surface area contributed by atoms with Gasteiger partial charge in [0, 0.05) is 21.8 Å². The third-order valence-corrected chi connectivity index (χ3v) is 16.8. The Morgan fingerprint density at radius 1 is 0.339 bits per heavy atom. The fraction of sp³-hybridized carbons (Fsp3) is 0. The summed E-state index contributed by atoms with van der Waals surface area (Å²) in [6, 6.07) is 86.3. The largest absolute Gasteiger partial charge is 0.455 e. The van der Waals surface area contributed by atoms with E-state index in [-0.39, 0.29) is 0 Å². The van der Waals surface area contributed by atoms with E-state index in [1.165, 1.54) is 42.6 Å². The van der Waals surface area contributed by atoms with E-state index in [9.17, 15) is 0 Å². The second kappa shape index (κ2) is 14.5. The molecule has 0 amide bonds. The minimum atomic E-state index is -2.62. The Morgan fingerprint density at radius 2 is 0.814 bits per heavy atom. The Bertz CT molecular complexity index is 3150.